The zero-order valence-electron chi connectivity index (χ0n) is 7.26. The molecule has 0 spiro atoms. The third kappa shape index (κ3) is 1.38. The first-order valence-corrected chi connectivity index (χ1v) is 5.60. The van der Waals surface area contributed by atoms with E-state index in [4.69, 9.17) is 4.55 Å². The van der Waals surface area contributed by atoms with Crippen molar-refractivity contribution in [1.82, 2.24) is 0 Å². The van der Waals surface area contributed by atoms with Crippen LogP contribution in [0, 0.1) is 11.8 Å². The van der Waals surface area contributed by atoms with E-state index in [2.05, 4.69) is 9.78 Å². The molecule has 1 N–H and O–H groups in total. The molecule has 2 atom stereocenters. The van der Waals surface area contributed by atoms with Gasteiger partial charge in [-0.2, -0.15) is 8.42 Å². The van der Waals surface area contributed by atoms with Gasteiger partial charge < -0.3 is 0 Å². The molecule has 2 rings (SSSR count). The van der Waals surface area contributed by atoms with Gasteiger partial charge in [-0.25, -0.2) is 9.78 Å². The van der Waals surface area contributed by atoms with Crippen LogP contribution < -0.4 is 0 Å². The smallest absolute Gasteiger partial charge is 0.270 e. The summed E-state index contributed by atoms with van der Waals surface area (Å²) in [4.78, 5) is 9.38. The maximum absolute atomic E-state index is 11.0. The molecule has 2 unspecified atom stereocenters. The van der Waals surface area contributed by atoms with Crippen LogP contribution in [0.4, 0.5) is 0 Å². The maximum Gasteiger partial charge on any atom is 0.270 e. The number of hydrogen-bond donors (Lipinski definition) is 1. The average molecular weight is 208 g/mol. The van der Waals surface area contributed by atoms with Gasteiger partial charge in [0.1, 0.15) is 0 Å². The van der Waals surface area contributed by atoms with Gasteiger partial charge >= 0.3 is 0 Å². The van der Waals surface area contributed by atoms with Crippen LogP contribution in [0.1, 0.15) is 13.3 Å². The summed E-state index contributed by atoms with van der Waals surface area (Å²) in [5.41, 5.74) is 0. The van der Waals surface area contributed by atoms with E-state index in [0.29, 0.717) is 19.6 Å². The molecular weight excluding hydrogens is 196 g/mol. The first kappa shape index (κ1) is 9.39. The molecule has 6 heteroatoms. The summed E-state index contributed by atoms with van der Waals surface area (Å²) >= 11 is 0. The molecule has 2 aliphatic rings. The molecule has 13 heavy (non-hydrogen) atoms. The van der Waals surface area contributed by atoms with Crippen LogP contribution in [-0.4, -0.2) is 30.9 Å². The summed E-state index contributed by atoms with van der Waals surface area (Å²) in [6, 6.07) is 0. The zero-order chi connectivity index (χ0) is 9.69. The summed E-state index contributed by atoms with van der Waals surface area (Å²) in [6.07, 6.45) is 0.503. The maximum atomic E-state index is 11.0. The first-order chi connectivity index (χ1) is 5.95. The molecule has 1 saturated heterocycles. The minimum atomic E-state index is -3.93. The summed E-state index contributed by atoms with van der Waals surface area (Å²) in [6.45, 7) is 2.41. The molecule has 76 valence electrons. The van der Waals surface area contributed by atoms with Gasteiger partial charge in [-0.15, -0.1) is 0 Å². The standard InChI is InChI=1S/C7H12O5S/c1-7(13(8,9)10)2-6(7)5-3-11-12-4-5/h5-6H,2-4H2,1H3,(H,8,9,10). The van der Waals surface area contributed by atoms with Crippen LogP contribution in [0.25, 0.3) is 0 Å². The molecule has 0 bridgehead atoms. The fourth-order valence-corrected chi connectivity index (χ4v) is 2.86. The Kier molecular flexibility index (Phi) is 1.92. The second-order valence-corrected chi connectivity index (χ2v) is 5.81. The molecule has 0 radical (unpaired) electrons. The third-order valence-electron chi connectivity index (χ3n) is 3.06. The van der Waals surface area contributed by atoms with E-state index < -0.39 is 14.9 Å². The predicted octanol–water partition coefficient (Wildman–Crippen LogP) is 0.231. The predicted molar refractivity (Wildman–Crippen MR) is 43.5 cm³/mol. The van der Waals surface area contributed by atoms with Crippen LogP contribution in [0.3, 0.4) is 0 Å². The molecule has 1 heterocycles. The lowest BCUT2D eigenvalue weighted by atomic mass is 10.1. The van der Waals surface area contributed by atoms with Crippen molar-refractivity contribution in [1.29, 1.82) is 0 Å². The Balaban J connectivity index is 2.08. The van der Waals surface area contributed by atoms with Crippen LogP contribution in [0.5, 0.6) is 0 Å². The lowest BCUT2D eigenvalue weighted by Crippen LogP contribution is -2.24. The highest BCUT2D eigenvalue weighted by atomic mass is 32.2. The quantitative estimate of drug-likeness (QED) is 0.519. The molecular formula is C7H12O5S. The fourth-order valence-electron chi connectivity index (χ4n) is 1.89. The van der Waals surface area contributed by atoms with Gasteiger partial charge in [-0.05, 0) is 19.3 Å². The highest BCUT2D eigenvalue weighted by Gasteiger charge is 2.63. The third-order valence-corrected chi connectivity index (χ3v) is 4.70. The van der Waals surface area contributed by atoms with Crippen LogP contribution in [0.2, 0.25) is 0 Å². The van der Waals surface area contributed by atoms with E-state index in [1.54, 1.807) is 6.92 Å². The summed E-state index contributed by atoms with van der Waals surface area (Å²) in [5, 5.41) is 0. The Bertz CT molecular complexity index is 305. The first-order valence-electron chi connectivity index (χ1n) is 4.16. The lowest BCUT2D eigenvalue weighted by molar-refractivity contribution is -0.248. The van der Waals surface area contributed by atoms with E-state index in [1.807, 2.05) is 0 Å². The lowest BCUT2D eigenvalue weighted by Gasteiger charge is -2.09. The van der Waals surface area contributed by atoms with Crippen LogP contribution in [-0.2, 0) is 19.9 Å². The topological polar surface area (TPSA) is 72.8 Å². The Labute approximate surface area is 76.7 Å². The van der Waals surface area contributed by atoms with Gasteiger partial charge in [-0.3, -0.25) is 4.55 Å². The summed E-state index contributed by atoms with van der Waals surface area (Å²) in [5.74, 6) is 0.0805. The van der Waals surface area contributed by atoms with Crippen molar-refractivity contribution in [3.63, 3.8) is 0 Å². The highest BCUT2D eigenvalue weighted by molar-refractivity contribution is 7.87. The summed E-state index contributed by atoms with van der Waals surface area (Å²) < 4.78 is 29.9. The molecule has 2 fully saturated rings. The minimum absolute atomic E-state index is 0.0231. The monoisotopic (exact) mass is 208 g/mol. The molecule has 5 nitrogen and oxygen atoms in total. The molecule has 0 amide bonds. The van der Waals surface area contributed by atoms with E-state index in [0.717, 1.165) is 0 Å². The van der Waals surface area contributed by atoms with Crippen molar-refractivity contribution >= 4 is 10.1 Å². The van der Waals surface area contributed by atoms with Gasteiger partial charge in [0.2, 0.25) is 0 Å². The van der Waals surface area contributed by atoms with Crippen molar-refractivity contribution in [2.24, 2.45) is 11.8 Å². The minimum Gasteiger partial charge on any atom is -0.285 e. The van der Waals surface area contributed by atoms with Crippen molar-refractivity contribution in [2.45, 2.75) is 18.1 Å². The van der Waals surface area contributed by atoms with E-state index in [-0.39, 0.29) is 11.8 Å². The van der Waals surface area contributed by atoms with Gasteiger partial charge in [-0.1, -0.05) is 0 Å². The Morgan fingerprint density at radius 1 is 1.38 bits per heavy atom. The van der Waals surface area contributed by atoms with Crippen molar-refractivity contribution in [3.8, 4) is 0 Å². The molecule has 1 saturated carbocycles. The SMILES string of the molecule is CC1(S(=O)(=O)O)CC1C1COOC1. The van der Waals surface area contributed by atoms with Crippen LogP contribution >= 0.6 is 0 Å². The van der Waals surface area contributed by atoms with Crippen molar-refractivity contribution in [2.75, 3.05) is 13.2 Å². The Morgan fingerprint density at radius 2 is 1.92 bits per heavy atom. The van der Waals surface area contributed by atoms with Crippen molar-refractivity contribution in [3.05, 3.63) is 0 Å². The van der Waals surface area contributed by atoms with Gasteiger partial charge in [0.05, 0.1) is 18.0 Å². The van der Waals surface area contributed by atoms with Gasteiger partial charge in [0.15, 0.2) is 0 Å². The summed E-state index contributed by atoms with van der Waals surface area (Å²) in [7, 11) is -3.93. The second-order valence-electron chi connectivity index (χ2n) is 3.93. The molecule has 0 aromatic heterocycles. The number of hydrogen-bond acceptors (Lipinski definition) is 4. The van der Waals surface area contributed by atoms with E-state index in [9.17, 15) is 8.42 Å². The van der Waals surface area contributed by atoms with Crippen molar-refractivity contribution < 1.29 is 22.7 Å². The molecule has 0 aromatic rings. The van der Waals surface area contributed by atoms with Crippen LogP contribution in [0.15, 0.2) is 0 Å². The van der Waals surface area contributed by atoms with E-state index >= 15 is 0 Å². The molecule has 0 aromatic carbocycles. The Morgan fingerprint density at radius 3 is 2.31 bits per heavy atom. The second kappa shape index (κ2) is 2.66. The molecule has 1 aliphatic heterocycles. The highest BCUT2D eigenvalue weighted by Crippen LogP contribution is 2.54. The van der Waals surface area contributed by atoms with Gasteiger partial charge in [0.25, 0.3) is 10.1 Å². The molecule has 1 aliphatic carbocycles. The van der Waals surface area contributed by atoms with E-state index in [1.165, 1.54) is 0 Å². The van der Waals surface area contributed by atoms with Gasteiger partial charge in [0, 0.05) is 5.92 Å². The Hall–Kier alpha value is -0.170. The largest absolute Gasteiger partial charge is 0.285 e. The normalized spacial score (nSPS) is 40.9. The fraction of sp³-hybridized carbons (Fsp3) is 1.00. The number of rotatable bonds is 2. The zero-order valence-corrected chi connectivity index (χ0v) is 8.08. The average Bonchev–Trinajstić information content (AvgIpc) is 2.51.